The zero-order valence-electron chi connectivity index (χ0n) is 6.53. The fourth-order valence-electron chi connectivity index (χ4n) is 1.32. The largest absolute Gasteiger partial charge is 0.126 e. The van der Waals surface area contributed by atoms with Crippen molar-refractivity contribution in [2.75, 3.05) is 0 Å². The van der Waals surface area contributed by atoms with Gasteiger partial charge in [0.25, 0.3) is 0 Å². The van der Waals surface area contributed by atoms with Gasteiger partial charge in [0.05, 0.1) is 0 Å². The molecule has 2 rings (SSSR count). The number of rotatable bonds is 1. The summed E-state index contributed by atoms with van der Waals surface area (Å²) in [6.07, 6.45) is 3.43. The molecule has 0 aromatic heterocycles. The maximum atomic E-state index is 2.41. The summed E-state index contributed by atoms with van der Waals surface area (Å²) in [5.41, 5.74) is 1.48. The van der Waals surface area contributed by atoms with Gasteiger partial charge in [-0.15, -0.1) is 11.8 Å². The van der Waals surface area contributed by atoms with Gasteiger partial charge in [0, 0.05) is 8.82 Å². The van der Waals surface area contributed by atoms with Crippen LogP contribution >= 0.6 is 34.4 Å². The van der Waals surface area contributed by atoms with Gasteiger partial charge in [0.2, 0.25) is 0 Å². The van der Waals surface area contributed by atoms with Gasteiger partial charge in [-0.25, -0.2) is 0 Å². The van der Waals surface area contributed by atoms with E-state index in [9.17, 15) is 0 Å². The molecule has 1 unspecified atom stereocenters. The van der Waals surface area contributed by atoms with E-state index in [0.717, 1.165) is 0 Å². The fraction of sp³-hybridized carbons (Fsp3) is 0.200. The van der Waals surface area contributed by atoms with Crippen molar-refractivity contribution < 1.29 is 0 Å². The van der Waals surface area contributed by atoms with E-state index in [2.05, 4.69) is 58.3 Å². The van der Waals surface area contributed by atoms with Crippen LogP contribution in [0.4, 0.5) is 0 Å². The van der Waals surface area contributed by atoms with Crippen molar-refractivity contribution in [3.63, 3.8) is 0 Å². The molecular formula is C10H9IS. The van der Waals surface area contributed by atoms with Gasteiger partial charge in [-0.3, -0.25) is 0 Å². The van der Waals surface area contributed by atoms with E-state index >= 15 is 0 Å². The number of halogens is 1. The van der Waals surface area contributed by atoms with E-state index in [1.165, 1.54) is 15.6 Å². The molecule has 2 heteroatoms. The lowest BCUT2D eigenvalue weighted by molar-refractivity contribution is 0.983. The van der Waals surface area contributed by atoms with Gasteiger partial charge in [-0.2, -0.15) is 0 Å². The summed E-state index contributed by atoms with van der Waals surface area (Å²) in [5.74, 6) is 0. The van der Waals surface area contributed by atoms with Crippen LogP contribution in [0, 0.1) is 3.57 Å². The molecule has 0 spiro atoms. The minimum atomic E-state index is 0.665. The monoisotopic (exact) mass is 288 g/mol. The molecule has 0 saturated carbocycles. The van der Waals surface area contributed by atoms with E-state index < -0.39 is 0 Å². The second-order valence-corrected chi connectivity index (χ2v) is 5.03. The molecule has 0 amide bonds. The molecule has 0 fully saturated rings. The number of allylic oxidation sites excluding steroid dienone is 1. The highest BCUT2D eigenvalue weighted by Crippen LogP contribution is 2.39. The molecule has 1 aromatic carbocycles. The Labute approximate surface area is 90.6 Å². The Hall–Kier alpha value is 0.0400. The molecule has 0 nitrogen and oxygen atoms in total. The summed E-state index contributed by atoms with van der Waals surface area (Å²) in [7, 11) is 0. The van der Waals surface area contributed by atoms with Crippen molar-refractivity contribution in [3.05, 3.63) is 44.9 Å². The van der Waals surface area contributed by atoms with Crippen molar-refractivity contribution in [1.29, 1.82) is 0 Å². The van der Waals surface area contributed by atoms with Crippen molar-refractivity contribution in [2.24, 2.45) is 0 Å². The highest BCUT2D eigenvalue weighted by molar-refractivity contribution is 14.1. The lowest BCUT2D eigenvalue weighted by Gasteiger charge is -2.10. The van der Waals surface area contributed by atoms with Gasteiger partial charge < -0.3 is 0 Å². The van der Waals surface area contributed by atoms with Crippen molar-refractivity contribution in [1.82, 2.24) is 0 Å². The molecule has 0 bridgehead atoms. The van der Waals surface area contributed by atoms with E-state index in [1.54, 1.807) is 0 Å². The minimum Gasteiger partial charge on any atom is -0.126 e. The normalized spacial score (nSPS) is 21.6. The van der Waals surface area contributed by atoms with Crippen LogP contribution in [-0.2, 0) is 0 Å². The van der Waals surface area contributed by atoms with E-state index in [1.807, 2.05) is 11.8 Å². The van der Waals surface area contributed by atoms with Crippen molar-refractivity contribution in [2.45, 2.75) is 11.7 Å². The maximum absolute atomic E-state index is 2.41. The SMILES string of the molecule is Ic1ccccc1C1CC=CS1. The van der Waals surface area contributed by atoms with E-state index in [0.29, 0.717) is 5.25 Å². The number of hydrogen-bond acceptors (Lipinski definition) is 1. The molecule has 0 N–H and O–H groups in total. The maximum Gasteiger partial charge on any atom is 0.0383 e. The Morgan fingerprint density at radius 3 is 2.83 bits per heavy atom. The molecule has 0 aliphatic carbocycles. The fourth-order valence-corrected chi connectivity index (χ4v) is 3.28. The molecule has 12 heavy (non-hydrogen) atoms. The third kappa shape index (κ3) is 1.69. The van der Waals surface area contributed by atoms with Gasteiger partial charge in [0.1, 0.15) is 0 Å². The summed E-state index contributed by atoms with van der Waals surface area (Å²) >= 11 is 4.33. The first-order valence-electron chi connectivity index (χ1n) is 3.93. The average molecular weight is 288 g/mol. The molecule has 62 valence electrons. The molecule has 1 heterocycles. The summed E-state index contributed by atoms with van der Waals surface area (Å²) in [5, 5.41) is 2.87. The van der Waals surface area contributed by atoms with Crippen molar-refractivity contribution >= 4 is 34.4 Å². The van der Waals surface area contributed by atoms with Crippen LogP contribution in [0.25, 0.3) is 0 Å². The zero-order chi connectivity index (χ0) is 8.39. The summed E-state index contributed by atoms with van der Waals surface area (Å²) in [6, 6.07) is 8.62. The first kappa shape index (κ1) is 8.63. The Bertz CT molecular complexity index is 298. The van der Waals surface area contributed by atoms with Crippen LogP contribution in [0.5, 0.6) is 0 Å². The number of thioether (sulfide) groups is 1. The number of hydrogen-bond donors (Lipinski definition) is 0. The lowest BCUT2D eigenvalue weighted by atomic mass is 10.1. The highest BCUT2D eigenvalue weighted by atomic mass is 127. The topological polar surface area (TPSA) is 0 Å². The molecular weight excluding hydrogens is 279 g/mol. The Morgan fingerprint density at radius 1 is 1.33 bits per heavy atom. The molecule has 1 aliphatic rings. The van der Waals surface area contributed by atoms with Gasteiger partial charge in [0.15, 0.2) is 0 Å². The smallest absolute Gasteiger partial charge is 0.0383 e. The summed E-state index contributed by atoms with van der Waals surface area (Å²) < 4.78 is 1.39. The molecule has 0 radical (unpaired) electrons. The van der Waals surface area contributed by atoms with Gasteiger partial charge >= 0.3 is 0 Å². The van der Waals surface area contributed by atoms with Crippen LogP contribution in [0.15, 0.2) is 35.7 Å². The van der Waals surface area contributed by atoms with Crippen LogP contribution < -0.4 is 0 Å². The third-order valence-corrected chi connectivity index (χ3v) is 4.05. The third-order valence-electron chi connectivity index (χ3n) is 1.94. The van der Waals surface area contributed by atoms with Crippen molar-refractivity contribution in [3.8, 4) is 0 Å². The average Bonchev–Trinajstić information content (AvgIpc) is 2.57. The van der Waals surface area contributed by atoms with E-state index in [4.69, 9.17) is 0 Å². The second-order valence-electron chi connectivity index (χ2n) is 2.75. The molecule has 1 atom stereocenters. The van der Waals surface area contributed by atoms with Crippen LogP contribution in [0.2, 0.25) is 0 Å². The Balaban J connectivity index is 2.27. The molecule has 1 aliphatic heterocycles. The predicted molar refractivity (Wildman–Crippen MR) is 63.2 cm³/mol. The number of benzene rings is 1. The van der Waals surface area contributed by atoms with Crippen LogP contribution in [0.1, 0.15) is 17.2 Å². The minimum absolute atomic E-state index is 0.665. The first-order valence-corrected chi connectivity index (χ1v) is 5.95. The quantitative estimate of drug-likeness (QED) is 0.704. The van der Waals surface area contributed by atoms with Crippen LogP contribution in [-0.4, -0.2) is 0 Å². The molecule has 0 saturated heterocycles. The standard InChI is InChI=1S/C10H9IS/c11-9-5-2-1-4-8(9)10-6-3-7-12-10/h1-5,7,10H,6H2. The Morgan fingerprint density at radius 2 is 2.17 bits per heavy atom. The first-order chi connectivity index (χ1) is 5.88. The van der Waals surface area contributed by atoms with E-state index in [-0.39, 0.29) is 0 Å². The predicted octanol–water partition coefficient (Wildman–Crippen LogP) is 3.98. The summed E-state index contributed by atoms with van der Waals surface area (Å²) in [6.45, 7) is 0. The van der Waals surface area contributed by atoms with Crippen LogP contribution in [0.3, 0.4) is 0 Å². The zero-order valence-corrected chi connectivity index (χ0v) is 9.51. The lowest BCUT2D eigenvalue weighted by Crippen LogP contribution is -1.91. The molecule has 1 aromatic rings. The summed E-state index contributed by atoms with van der Waals surface area (Å²) in [4.78, 5) is 0. The highest BCUT2D eigenvalue weighted by Gasteiger charge is 2.15. The van der Waals surface area contributed by atoms with Gasteiger partial charge in [-0.1, -0.05) is 24.3 Å². The Kier molecular flexibility index (Phi) is 2.76. The van der Waals surface area contributed by atoms with Gasteiger partial charge in [-0.05, 0) is 46.0 Å². The second kappa shape index (κ2) is 3.83.